The highest BCUT2D eigenvalue weighted by Crippen LogP contribution is 2.23. The number of benzene rings is 1. The molecule has 1 saturated heterocycles. The summed E-state index contributed by atoms with van der Waals surface area (Å²) in [5, 5.41) is 0.500. The van der Waals surface area contributed by atoms with Crippen LogP contribution in [0, 0.1) is 12.8 Å². The number of ether oxygens (including phenoxy) is 1. The maximum atomic E-state index is 5.50. The lowest BCUT2D eigenvalue weighted by atomic mass is 9.93. The maximum absolute atomic E-state index is 5.50. The van der Waals surface area contributed by atoms with E-state index in [1.165, 1.54) is 11.1 Å². The molecule has 1 fully saturated rings. The molecule has 1 aromatic rings. The number of hydrogen-bond acceptors (Lipinski definition) is 2. The van der Waals surface area contributed by atoms with Crippen LogP contribution in [-0.4, -0.2) is 18.5 Å². The Balaban J connectivity index is 1.98. The summed E-state index contributed by atoms with van der Waals surface area (Å²) in [7, 11) is 0. The number of rotatable bonds is 2. The minimum Gasteiger partial charge on any atom is -0.381 e. The van der Waals surface area contributed by atoms with E-state index in [0.29, 0.717) is 11.2 Å². The Morgan fingerprint density at radius 1 is 1.33 bits per heavy atom. The van der Waals surface area contributed by atoms with Crippen molar-refractivity contribution in [1.29, 1.82) is 0 Å². The van der Waals surface area contributed by atoms with Crippen molar-refractivity contribution >= 4 is 12.6 Å². The lowest BCUT2D eigenvalue weighted by molar-refractivity contribution is 0.0596. The molecule has 15 heavy (non-hydrogen) atoms. The van der Waals surface area contributed by atoms with E-state index in [9.17, 15) is 0 Å². The summed E-state index contributed by atoms with van der Waals surface area (Å²) >= 11 is 4.63. The molecule has 2 atom stereocenters. The minimum atomic E-state index is 0.500. The molecule has 82 valence electrons. The van der Waals surface area contributed by atoms with Crippen LogP contribution in [-0.2, 0) is 11.2 Å². The Hall–Kier alpha value is -0.470. The van der Waals surface area contributed by atoms with E-state index >= 15 is 0 Å². The highest BCUT2D eigenvalue weighted by Gasteiger charge is 2.22. The van der Waals surface area contributed by atoms with Gasteiger partial charge in [-0.05, 0) is 31.2 Å². The predicted molar refractivity (Wildman–Crippen MR) is 66.6 cm³/mol. The first-order valence-electron chi connectivity index (χ1n) is 5.57. The fraction of sp³-hybridized carbons (Fsp3) is 0.538. The molecule has 0 bridgehead atoms. The molecule has 0 aromatic heterocycles. The first kappa shape index (κ1) is 11.0. The molecule has 0 unspecified atom stereocenters. The Labute approximate surface area is 97.2 Å². The van der Waals surface area contributed by atoms with Gasteiger partial charge in [0.05, 0.1) is 6.61 Å². The van der Waals surface area contributed by atoms with E-state index in [1.54, 1.807) is 0 Å². The Morgan fingerprint density at radius 3 is 2.73 bits per heavy atom. The smallest absolute Gasteiger partial charge is 0.0507 e. The van der Waals surface area contributed by atoms with Crippen molar-refractivity contribution in [3.05, 3.63) is 35.4 Å². The van der Waals surface area contributed by atoms with Gasteiger partial charge in [-0.15, -0.1) is 0 Å². The van der Waals surface area contributed by atoms with Crippen LogP contribution >= 0.6 is 12.6 Å². The van der Waals surface area contributed by atoms with E-state index in [-0.39, 0.29) is 0 Å². The van der Waals surface area contributed by atoms with Crippen molar-refractivity contribution in [3.8, 4) is 0 Å². The quantitative estimate of drug-likeness (QED) is 0.757. The molecule has 0 N–H and O–H groups in total. The molecule has 1 heterocycles. The normalized spacial score (nSPS) is 26.5. The third-order valence-electron chi connectivity index (χ3n) is 3.05. The Morgan fingerprint density at radius 2 is 2.07 bits per heavy atom. The summed E-state index contributed by atoms with van der Waals surface area (Å²) in [6.07, 6.45) is 2.17. The molecule has 0 spiro atoms. The molecule has 0 aliphatic carbocycles. The molecule has 0 saturated carbocycles. The lowest BCUT2D eigenvalue weighted by Crippen LogP contribution is -2.29. The zero-order chi connectivity index (χ0) is 10.7. The van der Waals surface area contributed by atoms with Gasteiger partial charge in [0.1, 0.15) is 0 Å². The van der Waals surface area contributed by atoms with E-state index in [1.807, 2.05) is 0 Å². The first-order chi connectivity index (χ1) is 7.25. The summed E-state index contributed by atoms with van der Waals surface area (Å²) in [4.78, 5) is 0. The van der Waals surface area contributed by atoms with Gasteiger partial charge < -0.3 is 4.74 Å². The second-order valence-corrected chi connectivity index (χ2v) is 5.04. The zero-order valence-corrected chi connectivity index (χ0v) is 10.0. The van der Waals surface area contributed by atoms with Gasteiger partial charge in [-0.3, -0.25) is 0 Å². The van der Waals surface area contributed by atoms with Crippen LogP contribution in [0.3, 0.4) is 0 Å². The summed E-state index contributed by atoms with van der Waals surface area (Å²) in [5.41, 5.74) is 2.72. The fourth-order valence-corrected chi connectivity index (χ4v) is 2.30. The van der Waals surface area contributed by atoms with Crippen molar-refractivity contribution in [2.45, 2.75) is 25.0 Å². The fourth-order valence-electron chi connectivity index (χ4n) is 2.01. The number of hydrogen-bond donors (Lipinski definition) is 1. The van der Waals surface area contributed by atoms with Crippen molar-refractivity contribution in [3.63, 3.8) is 0 Å². The van der Waals surface area contributed by atoms with Gasteiger partial charge in [0, 0.05) is 11.9 Å². The van der Waals surface area contributed by atoms with Crippen LogP contribution in [0.5, 0.6) is 0 Å². The highest BCUT2D eigenvalue weighted by atomic mass is 32.1. The van der Waals surface area contributed by atoms with E-state index in [0.717, 1.165) is 26.1 Å². The summed E-state index contributed by atoms with van der Waals surface area (Å²) in [5.74, 6) is 0.574. The average molecular weight is 222 g/mol. The lowest BCUT2D eigenvalue weighted by Gasteiger charge is -2.28. The second kappa shape index (κ2) is 5.04. The predicted octanol–water partition coefficient (Wildman–Crippen LogP) is 2.87. The van der Waals surface area contributed by atoms with Gasteiger partial charge in [0.25, 0.3) is 0 Å². The molecule has 1 aliphatic heterocycles. The average Bonchev–Trinajstić information content (AvgIpc) is 2.25. The van der Waals surface area contributed by atoms with Crippen molar-refractivity contribution in [2.75, 3.05) is 13.2 Å². The van der Waals surface area contributed by atoms with Gasteiger partial charge in [0.15, 0.2) is 0 Å². The Bertz CT molecular complexity index is 307. The van der Waals surface area contributed by atoms with E-state index in [2.05, 4.69) is 43.8 Å². The molecule has 2 heteroatoms. The molecule has 1 aromatic carbocycles. The highest BCUT2D eigenvalue weighted by molar-refractivity contribution is 7.81. The van der Waals surface area contributed by atoms with Crippen LogP contribution in [0.15, 0.2) is 24.3 Å². The summed E-state index contributed by atoms with van der Waals surface area (Å²) in [6, 6.07) is 8.77. The topological polar surface area (TPSA) is 9.23 Å². The molecule has 1 aliphatic rings. The van der Waals surface area contributed by atoms with Crippen molar-refractivity contribution < 1.29 is 4.74 Å². The van der Waals surface area contributed by atoms with Crippen LogP contribution < -0.4 is 0 Å². The molecule has 1 nitrogen and oxygen atoms in total. The maximum Gasteiger partial charge on any atom is 0.0507 e. The zero-order valence-electron chi connectivity index (χ0n) is 9.15. The molecule has 2 rings (SSSR count). The third kappa shape index (κ3) is 2.99. The number of thiol groups is 1. The largest absolute Gasteiger partial charge is 0.381 e. The molecule has 0 amide bonds. The Kier molecular flexibility index (Phi) is 3.71. The van der Waals surface area contributed by atoms with E-state index in [4.69, 9.17) is 4.74 Å². The van der Waals surface area contributed by atoms with Gasteiger partial charge in [0.2, 0.25) is 0 Å². The molecular weight excluding hydrogens is 204 g/mol. The van der Waals surface area contributed by atoms with Crippen molar-refractivity contribution in [1.82, 2.24) is 0 Å². The van der Waals surface area contributed by atoms with E-state index < -0.39 is 0 Å². The van der Waals surface area contributed by atoms with Gasteiger partial charge in [-0.25, -0.2) is 0 Å². The van der Waals surface area contributed by atoms with Crippen molar-refractivity contribution in [2.24, 2.45) is 5.92 Å². The summed E-state index contributed by atoms with van der Waals surface area (Å²) in [6.45, 7) is 3.86. The standard InChI is InChI=1S/C13H18OS/c1-10-2-4-11(5-3-10)8-12-9-14-7-6-13(12)15/h2-5,12-13,15H,6-9H2,1H3/t12-,13-/m1/s1. The van der Waals surface area contributed by atoms with Crippen LogP contribution in [0.2, 0.25) is 0 Å². The van der Waals surface area contributed by atoms with Gasteiger partial charge in [-0.2, -0.15) is 12.6 Å². The SMILES string of the molecule is Cc1ccc(C[C@@H]2COCC[C@H]2S)cc1. The van der Waals surface area contributed by atoms with Crippen LogP contribution in [0.1, 0.15) is 17.5 Å². The van der Waals surface area contributed by atoms with Gasteiger partial charge >= 0.3 is 0 Å². The minimum absolute atomic E-state index is 0.500. The van der Waals surface area contributed by atoms with Gasteiger partial charge in [-0.1, -0.05) is 29.8 Å². The van der Waals surface area contributed by atoms with Crippen LogP contribution in [0.25, 0.3) is 0 Å². The third-order valence-corrected chi connectivity index (χ3v) is 3.73. The monoisotopic (exact) mass is 222 g/mol. The molecular formula is C13H18OS. The molecule has 0 radical (unpaired) electrons. The second-order valence-electron chi connectivity index (χ2n) is 4.38. The van der Waals surface area contributed by atoms with Crippen LogP contribution in [0.4, 0.5) is 0 Å². The first-order valence-corrected chi connectivity index (χ1v) is 6.08. The number of aryl methyl sites for hydroxylation is 1. The summed E-state index contributed by atoms with van der Waals surface area (Å²) < 4.78 is 5.50.